The van der Waals surface area contributed by atoms with Gasteiger partial charge >= 0.3 is 6.18 Å². The summed E-state index contributed by atoms with van der Waals surface area (Å²) < 4.78 is 53.9. The van der Waals surface area contributed by atoms with Crippen LogP contribution in [0.1, 0.15) is 36.6 Å². The molecule has 0 spiro atoms. The van der Waals surface area contributed by atoms with E-state index in [-0.39, 0.29) is 36.4 Å². The monoisotopic (exact) mass is 410 g/mol. The van der Waals surface area contributed by atoms with Gasteiger partial charge in [-0.25, -0.2) is 9.67 Å². The molecule has 1 saturated heterocycles. The summed E-state index contributed by atoms with van der Waals surface area (Å²) in [5.41, 5.74) is -0.188. The zero-order valence-electron chi connectivity index (χ0n) is 15.8. The number of aryl methyl sites for hydroxylation is 1. The Morgan fingerprint density at radius 3 is 2.76 bits per heavy atom. The molecule has 1 aliphatic carbocycles. The molecule has 29 heavy (non-hydrogen) atoms. The van der Waals surface area contributed by atoms with Crippen molar-refractivity contribution in [1.29, 1.82) is 0 Å². The lowest BCUT2D eigenvalue weighted by molar-refractivity contribution is -0.137. The standard InChI is InChI=1S/C18H21F3N6O2/c1-9-14-16(27(26-9)11-3-2-4-11)25-17-22-5-12(18(19,20)21)15(24-17)23-13-8-28-6-10(13)7-29-14/h5,10-11,13H,2-4,6-8H2,1H3,(H2,22,23,24,25). The molecular weight excluding hydrogens is 389 g/mol. The van der Waals surface area contributed by atoms with Gasteiger partial charge in [-0.05, 0) is 26.2 Å². The number of aromatic nitrogens is 4. The topological polar surface area (TPSA) is 86.1 Å². The zero-order chi connectivity index (χ0) is 20.2. The largest absolute Gasteiger partial charge is 0.487 e. The normalized spacial score (nSPS) is 24.3. The second kappa shape index (κ2) is 6.75. The quantitative estimate of drug-likeness (QED) is 0.746. The molecule has 5 rings (SSSR count). The smallest absolute Gasteiger partial charge is 0.421 e. The van der Waals surface area contributed by atoms with Gasteiger partial charge in [-0.15, -0.1) is 0 Å². The molecule has 0 radical (unpaired) electrons. The molecule has 2 atom stereocenters. The summed E-state index contributed by atoms with van der Waals surface area (Å²) in [6, 6.07) is -0.115. The Morgan fingerprint density at radius 2 is 2.03 bits per heavy atom. The summed E-state index contributed by atoms with van der Waals surface area (Å²) in [7, 11) is 0. The van der Waals surface area contributed by atoms with Crippen molar-refractivity contribution in [2.45, 2.75) is 44.4 Å². The Balaban J connectivity index is 1.61. The average molecular weight is 410 g/mol. The minimum atomic E-state index is -4.57. The van der Waals surface area contributed by atoms with Gasteiger partial charge in [0, 0.05) is 12.1 Å². The van der Waals surface area contributed by atoms with Gasteiger partial charge in [0.15, 0.2) is 11.6 Å². The summed E-state index contributed by atoms with van der Waals surface area (Å²) in [5.74, 6) is 0.838. The second-order valence-electron chi connectivity index (χ2n) is 7.73. The van der Waals surface area contributed by atoms with Crippen LogP contribution in [0.3, 0.4) is 0 Å². The van der Waals surface area contributed by atoms with Crippen LogP contribution in [0.25, 0.3) is 0 Å². The molecule has 8 nitrogen and oxygen atoms in total. The van der Waals surface area contributed by atoms with Crippen molar-refractivity contribution < 1.29 is 22.6 Å². The molecule has 2 N–H and O–H groups in total. The highest BCUT2D eigenvalue weighted by Gasteiger charge is 2.38. The van der Waals surface area contributed by atoms with Crippen molar-refractivity contribution in [3.05, 3.63) is 17.5 Å². The van der Waals surface area contributed by atoms with Crippen LogP contribution in [0.5, 0.6) is 5.75 Å². The first-order valence-electron chi connectivity index (χ1n) is 9.67. The fraction of sp³-hybridized carbons (Fsp3) is 0.611. The van der Waals surface area contributed by atoms with Gasteiger partial charge in [-0.3, -0.25) is 0 Å². The third kappa shape index (κ3) is 3.26. The molecule has 2 unspecified atom stereocenters. The van der Waals surface area contributed by atoms with Crippen LogP contribution >= 0.6 is 0 Å². The van der Waals surface area contributed by atoms with E-state index in [9.17, 15) is 13.2 Å². The van der Waals surface area contributed by atoms with Crippen molar-refractivity contribution in [3.8, 4) is 5.75 Å². The number of halogens is 3. The fourth-order valence-corrected chi connectivity index (χ4v) is 3.87. The van der Waals surface area contributed by atoms with Gasteiger partial charge in [0.25, 0.3) is 0 Å². The van der Waals surface area contributed by atoms with E-state index in [1.165, 1.54) is 0 Å². The molecule has 11 heteroatoms. The molecule has 2 fully saturated rings. The number of rotatable bonds is 1. The van der Waals surface area contributed by atoms with Crippen LogP contribution in [0.15, 0.2) is 6.20 Å². The summed E-state index contributed by atoms with van der Waals surface area (Å²) in [5, 5.41) is 10.6. The molecule has 3 aliphatic rings. The molecule has 2 aromatic rings. The summed E-state index contributed by atoms with van der Waals surface area (Å²) in [6.45, 7) is 2.84. The maximum Gasteiger partial charge on any atom is 0.421 e. The SMILES string of the molecule is Cc1nn(C2CCC2)c2c1OCC1COCC1Nc1nc(ncc1C(F)(F)F)N2. The van der Waals surface area contributed by atoms with Crippen molar-refractivity contribution in [2.75, 3.05) is 30.5 Å². The number of fused-ring (bicyclic) bond motifs is 4. The average Bonchev–Trinajstić information content (AvgIpc) is 3.15. The third-order valence-corrected chi connectivity index (χ3v) is 5.74. The predicted molar refractivity (Wildman–Crippen MR) is 97.4 cm³/mol. The molecule has 1 saturated carbocycles. The Hall–Kier alpha value is -2.56. The minimum Gasteiger partial charge on any atom is -0.487 e. The second-order valence-corrected chi connectivity index (χ2v) is 7.73. The van der Waals surface area contributed by atoms with Gasteiger partial charge < -0.3 is 20.1 Å². The Kier molecular flexibility index (Phi) is 4.30. The Labute approximate surface area is 164 Å². The van der Waals surface area contributed by atoms with E-state index in [1.54, 1.807) is 0 Å². The number of hydrogen-bond acceptors (Lipinski definition) is 7. The minimum absolute atomic E-state index is 0.0585. The van der Waals surface area contributed by atoms with Crippen molar-refractivity contribution >= 4 is 17.6 Å². The van der Waals surface area contributed by atoms with Gasteiger partial charge in [-0.2, -0.15) is 23.3 Å². The number of nitrogens with zero attached hydrogens (tertiary/aromatic N) is 4. The fourth-order valence-electron chi connectivity index (χ4n) is 3.87. The molecule has 4 heterocycles. The lowest BCUT2D eigenvalue weighted by Crippen LogP contribution is -2.33. The number of anilines is 3. The molecule has 2 bridgehead atoms. The van der Waals surface area contributed by atoms with Gasteiger partial charge in [0.2, 0.25) is 5.95 Å². The first-order chi connectivity index (χ1) is 13.9. The van der Waals surface area contributed by atoms with Gasteiger partial charge in [-0.1, -0.05) is 0 Å². The molecular formula is C18H21F3N6O2. The van der Waals surface area contributed by atoms with Gasteiger partial charge in [0.05, 0.1) is 31.9 Å². The van der Waals surface area contributed by atoms with Crippen LogP contribution in [-0.4, -0.2) is 45.6 Å². The van der Waals surface area contributed by atoms with Crippen LogP contribution in [0.2, 0.25) is 0 Å². The predicted octanol–water partition coefficient (Wildman–Crippen LogP) is 3.29. The zero-order valence-corrected chi connectivity index (χ0v) is 15.8. The van der Waals surface area contributed by atoms with E-state index in [1.807, 2.05) is 11.6 Å². The summed E-state index contributed by atoms with van der Waals surface area (Å²) in [4.78, 5) is 8.06. The number of ether oxygens (including phenoxy) is 2. The van der Waals surface area contributed by atoms with Gasteiger partial charge in [0.1, 0.15) is 17.1 Å². The van der Waals surface area contributed by atoms with E-state index in [0.29, 0.717) is 30.5 Å². The maximum absolute atomic E-state index is 13.5. The lowest BCUT2D eigenvalue weighted by Gasteiger charge is -2.27. The lowest BCUT2D eigenvalue weighted by atomic mass is 9.93. The molecule has 156 valence electrons. The first kappa shape index (κ1) is 18.5. The van der Waals surface area contributed by atoms with Crippen molar-refractivity contribution in [1.82, 2.24) is 19.7 Å². The summed E-state index contributed by atoms with van der Waals surface area (Å²) >= 11 is 0. The van der Waals surface area contributed by atoms with E-state index < -0.39 is 11.7 Å². The maximum atomic E-state index is 13.5. The van der Waals surface area contributed by atoms with E-state index in [2.05, 4.69) is 25.7 Å². The summed E-state index contributed by atoms with van der Waals surface area (Å²) in [6.07, 6.45) is -0.659. The first-order valence-corrected chi connectivity index (χ1v) is 9.67. The Bertz CT molecular complexity index is 927. The van der Waals surface area contributed by atoms with E-state index in [0.717, 1.165) is 25.5 Å². The van der Waals surface area contributed by atoms with Crippen LogP contribution < -0.4 is 15.4 Å². The highest BCUT2D eigenvalue weighted by atomic mass is 19.4. The highest BCUT2D eigenvalue weighted by Crippen LogP contribution is 2.41. The number of alkyl halides is 3. The van der Waals surface area contributed by atoms with E-state index in [4.69, 9.17) is 9.47 Å². The molecule has 2 aliphatic heterocycles. The number of hydrogen-bond donors (Lipinski definition) is 2. The van der Waals surface area contributed by atoms with Crippen molar-refractivity contribution in [2.24, 2.45) is 5.92 Å². The van der Waals surface area contributed by atoms with Crippen molar-refractivity contribution in [3.63, 3.8) is 0 Å². The third-order valence-electron chi connectivity index (χ3n) is 5.74. The molecule has 0 aromatic carbocycles. The van der Waals surface area contributed by atoms with E-state index >= 15 is 0 Å². The van der Waals surface area contributed by atoms with Crippen LogP contribution in [0.4, 0.5) is 30.8 Å². The van der Waals surface area contributed by atoms with Crippen LogP contribution in [-0.2, 0) is 10.9 Å². The molecule has 2 aromatic heterocycles. The Morgan fingerprint density at radius 1 is 1.21 bits per heavy atom. The highest BCUT2D eigenvalue weighted by molar-refractivity contribution is 5.62. The van der Waals surface area contributed by atoms with Crippen LogP contribution in [0, 0.1) is 12.8 Å². The number of nitrogens with one attached hydrogen (secondary N) is 2. The molecule has 0 amide bonds.